The molecular weight excluding hydrogens is 328 g/mol. The number of carbonyl (C=O) groups is 1. The highest BCUT2D eigenvalue weighted by Crippen LogP contribution is 2.41. The summed E-state index contributed by atoms with van der Waals surface area (Å²) in [5.41, 5.74) is 0.660. The van der Waals surface area contributed by atoms with Crippen molar-refractivity contribution in [2.24, 2.45) is 0 Å². The molecule has 2 heterocycles. The van der Waals surface area contributed by atoms with Crippen LogP contribution in [0.3, 0.4) is 0 Å². The van der Waals surface area contributed by atoms with Crippen LogP contribution in [-0.2, 0) is 11.3 Å². The van der Waals surface area contributed by atoms with Gasteiger partial charge < -0.3 is 9.64 Å². The smallest absolute Gasteiger partial charge is 0.410 e. The topological polar surface area (TPSA) is 58.6 Å². The molecule has 24 heavy (non-hydrogen) atoms. The van der Waals surface area contributed by atoms with Crippen LogP contribution in [0.15, 0.2) is 12.4 Å². The number of ether oxygens (including phenoxy) is 1. The molecular formula is C17H25ClN4O2. The van der Waals surface area contributed by atoms with Gasteiger partial charge >= 0.3 is 6.09 Å². The fraction of sp³-hybridized carbons (Fsp3) is 0.706. The predicted octanol–water partition coefficient (Wildman–Crippen LogP) is 3.11. The summed E-state index contributed by atoms with van der Waals surface area (Å²) in [7, 11) is 0. The molecule has 0 N–H and O–H groups in total. The average Bonchev–Trinajstić information content (AvgIpc) is 2.46. The zero-order valence-corrected chi connectivity index (χ0v) is 15.3. The molecule has 0 unspecified atom stereocenters. The van der Waals surface area contributed by atoms with E-state index in [0.29, 0.717) is 6.54 Å². The van der Waals surface area contributed by atoms with Crippen LogP contribution in [-0.4, -0.2) is 56.6 Å². The maximum atomic E-state index is 12.4. The molecule has 2 fully saturated rings. The number of nitrogens with zero attached hydrogens (tertiary/aromatic N) is 4. The summed E-state index contributed by atoms with van der Waals surface area (Å²) in [5, 5.41) is 0.270. The largest absolute Gasteiger partial charge is 0.444 e. The van der Waals surface area contributed by atoms with Gasteiger partial charge in [-0.2, -0.15) is 0 Å². The Morgan fingerprint density at radius 3 is 2.50 bits per heavy atom. The van der Waals surface area contributed by atoms with Gasteiger partial charge in [-0.25, -0.2) is 14.8 Å². The number of hydrogen-bond acceptors (Lipinski definition) is 5. The second-order valence-corrected chi connectivity index (χ2v) is 8.10. The number of aromatic nitrogens is 2. The van der Waals surface area contributed by atoms with Crippen LogP contribution in [0.2, 0.25) is 5.28 Å². The van der Waals surface area contributed by atoms with Crippen LogP contribution in [0, 0.1) is 0 Å². The lowest BCUT2D eigenvalue weighted by atomic mass is 9.73. The predicted molar refractivity (Wildman–Crippen MR) is 91.8 cm³/mol. The third-order valence-corrected chi connectivity index (χ3v) is 4.97. The van der Waals surface area contributed by atoms with E-state index in [4.69, 9.17) is 16.3 Å². The first-order chi connectivity index (χ1) is 11.3. The summed E-state index contributed by atoms with van der Waals surface area (Å²) >= 11 is 5.76. The van der Waals surface area contributed by atoms with E-state index in [-0.39, 0.29) is 16.9 Å². The number of halogens is 1. The maximum absolute atomic E-state index is 12.4. The summed E-state index contributed by atoms with van der Waals surface area (Å²) in [5.74, 6) is 0. The van der Waals surface area contributed by atoms with Gasteiger partial charge in [0.1, 0.15) is 5.60 Å². The van der Waals surface area contributed by atoms with E-state index in [1.54, 1.807) is 12.4 Å². The molecule has 0 bridgehead atoms. The molecule has 1 saturated carbocycles. The van der Waals surface area contributed by atoms with Crippen LogP contribution < -0.4 is 0 Å². The highest BCUT2D eigenvalue weighted by Gasteiger charge is 2.47. The van der Waals surface area contributed by atoms with Crippen molar-refractivity contribution in [3.8, 4) is 0 Å². The minimum atomic E-state index is -0.457. The fourth-order valence-electron chi connectivity index (χ4n) is 3.44. The second kappa shape index (κ2) is 6.48. The Bertz CT molecular complexity index is 596. The molecule has 132 valence electrons. The molecule has 3 rings (SSSR count). The lowest BCUT2D eigenvalue weighted by Gasteiger charge is -2.55. The lowest BCUT2D eigenvalue weighted by Crippen LogP contribution is -2.66. The summed E-state index contributed by atoms with van der Waals surface area (Å²) < 4.78 is 5.54. The van der Waals surface area contributed by atoms with E-state index < -0.39 is 5.60 Å². The minimum absolute atomic E-state index is 0.0643. The number of carbonyl (C=O) groups excluding carboxylic acids is 1. The van der Waals surface area contributed by atoms with E-state index in [1.807, 2.05) is 25.7 Å². The molecule has 1 aliphatic carbocycles. The standard InChI is InChI=1S/C17H25ClN4O2/c1-16(2,3)24-15(23)21-7-8-22(17(12-21)5-4-6-17)11-13-9-19-14(18)20-10-13/h9-10H,4-8,11-12H2,1-3H3. The van der Waals surface area contributed by atoms with Crippen molar-refractivity contribution in [3.05, 3.63) is 23.2 Å². The zero-order chi connectivity index (χ0) is 17.4. The van der Waals surface area contributed by atoms with Gasteiger partial charge in [0.05, 0.1) is 0 Å². The first-order valence-electron chi connectivity index (χ1n) is 8.47. The van der Waals surface area contributed by atoms with Crippen molar-refractivity contribution < 1.29 is 9.53 Å². The quantitative estimate of drug-likeness (QED) is 0.765. The number of piperazine rings is 1. The van der Waals surface area contributed by atoms with Gasteiger partial charge in [0.15, 0.2) is 0 Å². The first kappa shape index (κ1) is 17.4. The molecule has 1 aliphatic heterocycles. The molecule has 1 spiro atoms. The van der Waals surface area contributed by atoms with Crippen molar-refractivity contribution in [3.63, 3.8) is 0 Å². The highest BCUT2D eigenvalue weighted by atomic mass is 35.5. The number of rotatable bonds is 2. The van der Waals surface area contributed by atoms with Gasteiger partial charge in [0.2, 0.25) is 5.28 Å². The third kappa shape index (κ3) is 3.81. The Morgan fingerprint density at radius 1 is 1.29 bits per heavy atom. The molecule has 0 atom stereocenters. The van der Waals surface area contributed by atoms with E-state index in [0.717, 1.165) is 38.0 Å². The molecule has 7 heteroatoms. The number of amides is 1. The molecule has 1 amide bonds. The van der Waals surface area contributed by atoms with Gasteiger partial charge in [-0.15, -0.1) is 0 Å². The summed E-state index contributed by atoms with van der Waals surface area (Å²) in [6, 6.07) is 0. The highest BCUT2D eigenvalue weighted by molar-refractivity contribution is 6.28. The molecule has 2 aliphatic rings. The Balaban J connectivity index is 1.67. The first-order valence-corrected chi connectivity index (χ1v) is 8.85. The van der Waals surface area contributed by atoms with Gasteiger partial charge in [-0.05, 0) is 51.6 Å². The third-order valence-electron chi connectivity index (χ3n) is 4.78. The van der Waals surface area contributed by atoms with Gasteiger partial charge in [-0.3, -0.25) is 4.90 Å². The molecule has 0 radical (unpaired) electrons. The minimum Gasteiger partial charge on any atom is -0.444 e. The van der Waals surface area contributed by atoms with Crippen molar-refractivity contribution in [2.75, 3.05) is 19.6 Å². The van der Waals surface area contributed by atoms with Gasteiger partial charge in [-0.1, -0.05) is 0 Å². The lowest BCUT2D eigenvalue weighted by molar-refractivity contribution is -0.0640. The van der Waals surface area contributed by atoms with E-state index >= 15 is 0 Å². The molecule has 1 aromatic heterocycles. The second-order valence-electron chi connectivity index (χ2n) is 7.76. The van der Waals surface area contributed by atoms with E-state index in [2.05, 4.69) is 14.9 Å². The van der Waals surface area contributed by atoms with Crippen LogP contribution >= 0.6 is 11.6 Å². The summed E-state index contributed by atoms with van der Waals surface area (Å²) in [4.78, 5) is 24.8. The van der Waals surface area contributed by atoms with Gasteiger partial charge in [0, 0.05) is 49.7 Å². The number of hydrogen-bond donors (Lipinski definition) is 0. The summed E-state index contributed by atoms with van der Waals surface area (Å²) in [6.45, 7) is 8.76. The van der Waals surface area contributed by atoms with Crippen LogP contribution in [0.5, 0.6) is 0 Å². The van der Waals surface area contributed by atoms with Crippen LogP contribution in [0.25, 0.3) is 0 Å². The maximum Gasteiger partial charge on any atom is 0.410 e. The fourth-order valence-corrected chi connectivity index (χ4v) is 3.54. The molecule has 0 aromatic carbocycles. The van der Waals surface area contributed by atoms with Crippen LogP contribution in [0.4, 0.5) is 4.79 Å². The Labute approximate surface area is 148 Å². The van der Waals surface area contributed by atoms with Crippen molar-refractivity contribution >= 4 is 17.7 Å². The molecule has 1 saturated heterocycles. The van der Waals surface area contributed by atoms with E-state index in [9.17, 15) is 4.79 Å². The monoisotopic (exact) mass is 352 g/mol. The van der Waals surface area contributed by atoms with Gasteiger partial charge in [0.25, 0.3) is 0 Å². The molecule has 1 aromatic rings. The van der Waals surface area contributed by atoms with Crippen molar-refractivity contribution in [1.82, 2.24) is 19.8 Å². The van der Waals surface area contributed by atoms with Crippen LogP contribution in [0.1, 0.15) is 45.6 Å². The van der Waals surface area contributed by atoms with Crippen molar-refractivity contribution in [1.29, 1.82) is 0 Å². The zero-order valence-electron chi connectivity index (χ0n) is 14.6. The van der Waals surface area contributed by atoms with E-state index in [1.165, 1.54) is 6.42 Å². The average molecular weight is 353 g/mol. The normalized spacial score (nSPS) is 20.8. The Kier molecular flexibility index (Phi) is 4.71. The SMILES string of the molecule is CC(C)(C)OC(=O)N1CCN(Cc2cnc(Cl)nc2)C2(CCC2)C1. The Morgan fingerprint density at radius 2 is 1.96 bits per heavy atom. The molecule has 6 nitrogen and oxygen atoms in total. The Hall–Kier alpha value is -1.40. The summed E-state index contributed by atoms with van der Waals surface area (Å²) in [6.07, 6.45) is 6.78. The van der Waals surface area contributed by atoms with Crippen molar-refractivity contribution in [2.45, 2.75) is 57.7 Å².